The molecule has 2 rings (SSSR count). The Balaban J connectivity index is 2.08. The molecule has 0 radical (unpaired) electrons. The first-order valence-corrected chi connectivity index (χ1v) is 7.23. The van der Waals surface area contributed by atoms with Gasteiger partial charge in [0.1, 0.15) is 0 Å². The van der Waals surface area contributed by atoms with Gasteiger partial charge in [-0.05, 0) is 18.5 Å². The van der Waals surface area contributed by atoms with Crippen LogP contribution >= 0.6 is 0 Å². The Hall–Kier alpha value is -1.72. The Morgan fingerprint density at radius 3 is 2.52 bits per heavy atom. The van der Waals surface area contributed by atoms with Crippen LogP contribution in [-0.4, -0.2) is 36.9 Å². The molecule has 1 aromatic carbocycles. The molecule has 1 N–H and O–H groups in total. The summed E-state index contributed by atoms with van der Waals surface area (Å²) in [4.78, 5) is 4.45. The number of hydrogen-bond donors (Lipinski definition) is 1. The van der Waals surface area contributed by atoms with Crippen molar-refractivity contribution in [1.82, 2.24) is 15.5 Å². The fourth-order valence-electron chi connectivity index (χ4n) is 2.13. The van der Waals surface area contributed by atoms with Crippen molar-refractivity contribution in [3.8, 4) is 11.4 Å². The average molecular weight is 289 g/mol. The molecule has 0 fully saturated rings. The van der Waals surface area contributed by atoms with E-state index in [2.05, 4.69) is 41.4 Å². The topological polar surface area (TPSA) is 60.2 Å². The number of rotatable bonds is 7. The van der Waals surface area contributed by atoms with Crippen LogP contribution in [0.1, 0.15) is 31.2 Å². The largest absolute Gasteiger partial charge is 0.383 e. The molecule has 0 aliphatic carbocycles. The molecule has 114 valence electrons. The fraction of sp³-hybridized carbons (Fsp3) is 0.500. The summed E-state index contributed by atoms with van der Waals surface area (Å²) in [6.45, 7) is 4.96. The van der Waals surface area contributed by atoms with Gasteiger partial charge in [0.2, 0.25) is 11.7 Å². The maximum atomic E-state index is 5.32. The van der Waals surface area contributed by atoms with Crippen molar-refractivity contribution in [3.63, 3.8) is 0 Å². The van der Waals surface area contributed by atoms with Crippen LogP contribution in [0.2, 0.25) is 0 Å². The molecule has 1 unspecified atom stereocenters. The molecule has 0 saturated heterocycles. The second-order valence-corrected chi connectivity index (χ2v) is 5.43. The van der Waals surface area contributed by atoms with Gasteiger partial charge in [0.25, 0.3) is 0 Å². The molecule has 2 aromatic rings. The van der Waals surface area contributed by atoms with Crippen LogP contribution in [0, 0.1) is 0 Å². The third-order valence-corrected chi connectivity index (χ3v) is 3.50. The smallest absolute Gasteiger partial charge is 0.228 e. The summed E-state index contributed by atoms with van der Waals surface area (Å²) >= 11 is 0. The van der Waals surface area contributed by atoms with E-state index in [1.54, 1.807) is 7.11 Å². The number of ether oxygens (including phenoxy) is 1. The minimum Gasteiger partial charge on any atom is -0.383 e. The molecule has 1 atom stereocenters. The molecule has 0 spiro atoms. The summed E-state index contributed by atoms with van der Waals surface area (Å²) in [5.41, 5.74) is 2.28. The standard InChI is InChI=1S/C16H23N3O2/c1-11(2)12-5-7-13(8-6-12)16-18-15(21-19-16)9-14(17-3)10-20-4/h5-8,11,14,17H,9-10H2,1-4H3. The molecule has 0 amide bonds. The van der Waals surface area contributed by atoms with Crippen LogP contribution in [0.5, 0.6) is 0 Å². The maximum Gasteiger partial charge on any atom is 0.228 e. The summed E-state index contributed by atoms with van der Waals surface area (Å²) in [6.07, 6.45) is 0.654. The van der Waals surface area contributed by atoms with Crippen LogP contribution in [0.25, 0.3) is 11.4 Å². The number of benzene rings is 1. The van der Waals surface area contributed by atoms with E-state index < -0.39 is 0 Å². The van der Waals surface area contributed by atoms with Gasteiger partial charge in [0.15, 0.2) is 0 Å². The SMILES string of the molecule is CNC(COC)Cc1nc(-c2ccc(C(C)C)cc2)no1. The molecule has 1 heterocycles. The van der Waals surface area contributed by atoms with E-state index in [1.807, 2.05) is 19.2 Å². The third-order valence-electron chi connectivity index (χ3n) is 3.50. The molecular weight excluding hydrogens is 266 g/mol. The number of nitrogens with zero attached hydrogens (tertiary/aromatic N) is 2. The van der Waals surface area contributed by atoms with E-state index in [1.165, 1.54) is 5.56 Å². The molecule has 0 aliphatic heterocycles. The summed E-state index contributed by atoms with van der Waals surface area (Å²) in [5, 5.41) is 7.22. The first-order valence-electron chi connectivity index (χ1n) is 7.23. The minimum absolute atomic E-state index is 0.173. The van der Waals surface area contributed by atoms with Crippen molar-refractivity contribution in [3.05, 3.63) is 35.7 Å². The van der Waals surface area contributed by atoms with Gasteiger partial charge in [0.05, 0.1) is 6.61 Å². The lowest BCUT2D eigenvalue weighted by atomic mass is 10.0. The van der Waals surface area contributed by atoms with Gasteiger partial charge in [-0.15, -0.1) is 0 Å². The van der Waals surface area contributed by atoms with Crippen molar-refractivity contribution in [2.75, 3.05) is 20.8 Å². The zero-order chi connectivity index (χ0) is 15.2. The van der Waals surface area contributed by atoms with E-state index in [-0.39, 0.29) is 6.04 Å². The van der Waals surface area contributed by atoms with E-state index in [0.29, 0.717) is 30.7 Å². The molecule has 0 bridgehead atoms. The van der Waals surface area contributed by atoms with Crippen LogP contribution in [-0.2, 0) is 11.2 Å². The molecule has 5 heteroatoms. The summed E-state index contributed by atoms with van der Waals surface area (Å²) in [7, 11) is 3.57. The Labute approximate surface area is 125 Å². The summed E-state index contributed by atoms with van der Waals surface area (Å²) < 4.78 is 10.5. The lowest BCUT2D eigenvalue weighted by molar-refractivity contribution is 0.165. The van der Waals surface area contributed by atoms with Gasteiger partial charge in [-0.3, -0.25) is 0 Å². The predicted octanol–water partition coefficient (Wildman–Crippen LogP) is 2.64. The first-order chi connectivity index (χ1) is 10.1. The lowest BCUT2D eigenvalue weighted by Gasteiger charge is -2.11. The first kappa shape index (κ1) is 15.7. The van der Waals surface area contributed by atoms with Crippen molar-refractivity contribution in [2.45, 2.75) is 32.2 Å². The van der Waals surface area contributed by atoms with E-state index in [0.717, 1.165) is 5.56 Å². The molecule has 5 nitrogen and oxygen atoms in total. The second-order valence-electron chi connectivity index (χ2n) is 5.43. The maximum absolute atomic E-state index is 5.32. The lowest BCUT2D eigenvalue weighted by Crippen LogP contribution is -2.32. The van der Waals surface area contributed by atoms with E-state index >= 15 is 0 Å². The van der Waals surface area contributed by atoms with Crippen molar-refractivity contribution < 1.29 is 9.26 Å². The average Bonchev–Trinajstić information content (AvgIpc) is 2.95. The Morgan fingerprint density at radius 1 is 1.24 bits per heavy atom. The number of nitrogens with one attached hydrogen (secondary N) is 1. The molecule has 21 heavy (non-hydrogen) atoms. The number of hydrogen-bond acceptors (Lipinski definition) is 5. The summed E-state index contributed by atoms with van der Waals surface area (Å²) in [6, 6.07) is 8.46. The third kappa shape index (κ3) is 4.12. The highest BCUT2D eigenvalue weighted by Gasteiger charge is 2.14. The monoisotopic (exact) mass is 289 g/mol. The van der Waals surface area contributed by atoms with Gasteiger partial charge in [-0.1, -0.05) is 43.3 Å². The van der Waals surface area contributed by atoms with Crippen molar-refractivity contribution in [2.24, 2.45) is 0 Å². The Kier molecular flexibility index (Phi) is 5.47. The quantitative estimate of drug-likeness (QED) is 0.849. The van der Waals surface area contributed by atoms with Crippen molar-refractivity contribution in [1.29, 1.82) is 0 Å². The van der Waals surface area contributed by atoms with Crippen LogP contribution in [0.15, 0.2) is 28.8 Å². The highest BCUT2D eigenvalue weighted by atomic mass is 16.5. The molecule has 0 saturated carbocycles. The van der Waals surface area contributed by atoms with Crippen molar-refractivity contribution >= 4 is 0 Å². The normalized spacial score (nSPS) is 12.8. The highest BCUT2D eigenvalue weighted by Crippen LogP contribution is 2.20. The Bertz CT molecular complexity index is 549. The molecule has 0 aliphatic rings. The van der Waals surface area contributed by atoms with Crippen LogP contribution in [0.4, 0.5) is 0 Å². The van der Waals surface area contributed by atoms with Crippen LogP contribution < -0.4 is 5.32 Å². The van der Waals surface area contributed by atoms with Crippen LogP contribution in [0.3, 0.4) is 0 Å². The van der Waals surface area contributed by atoms with Gasteiger partial charge >= 0.3 is 0 Å². The predicted molar refractivity (Wildman–Crippen MR) is 82.3 cm³/mol. The number of aromatic nitrogens is 2. The van der Waals surface area contributed by atoms with Gasteiger partial charge in [-0.2, -0.15) is 4.98 Å². The van der Waals surface area contributed by atoms with Gasteiger partial charge in [0, 0.05) is 25.1 Å². The number of likely N-dealkylation sites (N-methyl/N-ethyl adjacent to an activating group) is 1. The van der Waals surface area contributed by atoms with Gasteiger partial charge in [-0.25, -0.2) is 0 Å². The second kappa shape index (κ2) is 7.33. The molecule has 1 aromatic heterocycles. The highest BCUT2D eigenvalue weighted by molar-refractivity contribution is 5.54. The fourth-order valence-corrected chi connectivity index (χ4v) is 2.13. The zero-order valence-corrected chi connectivity index (χ0v) is 13.1. The minimum atomic E-state index is 0.173. The van der Waals surface area contributed by atoms with E-state index in [4.69, 9.17) is 9.26 Å². The van der Waals surface area contributed by atoms with Gasteiger partial charge < -0.3 is 14.6 Å². The molecular formula is C16H23N3O2. The summed E-state index contributed by atoms with van der Waals surface area (Å²) in [5.74, 6) is 1.77. The zero-order valence-electron chi connectivity index (χ0n) is 13.1. The number of methoxy groups -OCH3 is 1. The Morgan fingerprint density at radius 2 is 1.95 bits per heavy atom. The van der Waals surface area contributed by atoms with E-state index in [9.17, 15) is 0 Å².